The van der Waals surface area contributed by atoms with Crippen LogP contribution in [0.3, 0.4) is 0 Å². The standard InChI is InChI=1S/C22H16ClN5O2/c1-2-28-16-6-4-3-5-14(16)22(21(28)29)15(11-24)19(25)30-20-17(22)18(26-27-20)12-7-9-13(23)10-8-12/h3-10H,2,25H2,1H3,(H,26,27)/t22-/m0/s1. The summed E-state index contributed by atoms with van der Waals surface area (Å²) in [6.45, 7) is 2.34. The van der Waals surface area contributed by atoms with Crippen molar-refractivity contribution >= 4 is 23.2 Å². The summed E-state index contributed by atoms with van der Waals surface area (Å²) in [4.78, 5) is 15.6. The van der Waals surface area contributed by atoms with E-state index in [2.05, 4.69) is 16.3 Å². The minimum Gasteiger partial charge on any atom is -0.420 e. The van der Waals surface area contributed by atoms with Crippen LogP contribution in [0.4, 0.5) is 5.69 Å². The van der Waals surface area contributed by atoms with Gasteiger partial charge in [0.25, 0.3) is 0 Å². The van der Waals surface area contributed by atoms with Gasteiger partial charge in [-0.3, -0.25) is 9.89 Å². The molecule has 0 bridgehead atoms. The molecule has 1 aromatic heterocycles. The maximum atomic E-state index is 14.0. The molecular formula is C22H16ClN5O2. The van der Waals surface area contributed by atoms with Crippen LogP contribution in [0.25, 0.3) is 11.3 Å². The quantitative estimate of drug-likeness (QED) is 0.663. The number of para-hydroxylation sites is 1. The first-order valence-corrected chi connectivity index (χ1v) is 9.76. The van der Waals surface area contributed by atoms with Crippen LogP contribution in [0.5, 0.6) is 5.88 Å². The Morgan fingerprint density at radius 3 is 2.70 bits per heavy atom. The third kappa shape index (κ3) is 2.14. The molecule has 2 aliphatic heterocycles. The third-order valence-electron chi connectivity index (χ3n) is 5.66. The largest absolute Gasteiger partial charge is 0.420 e. The van der Waals surface area contributed by atoms with Crippen LogP contribution < -0.4 is 15.4 Å². The van der Waals surface area contributed by atoms with Gasteiger partial charge in [-0.1, -0.05) is 41.9 Å². The summed E-state index contributed by atoms with van der Waals surface area (Å²) >= 11 is 6.05. The van der Waals surface area contributed by atoms with Crippen LogP contribution in [-0.4, -0.2) is 22.6 Å². The number of likely N-dealkylation sites (N-methyl/N-ethyl adjacent to an activating group) is 1. The number of aromatic nitrogens is 2. The minimum atomic E-state index is -1.44. The van der Waals surface area contributed by atoms with Crippen molar-refractivity contribution in [1.82, 2.24) is 10.2 Å². The van der Waals surface area contributed by atoms with E-state index < -0.39 is 5.41 Å². The van der Waals surface area contributed by atoms with E-state index in [9.17, 15) is 10.1 Å². The number of fused-ring (bicyclic) bond motifs is 4. The highest BCUT2D eigenvalue weighted by molar-refractivity contribution is 6.30. The zero-order valence-electron chi connectivity index (χ0n) is 15.9. The number of rotatable bonds is 2. The highest BCUT2D eigenvalue weighted by Crippen LogP contribution is 2.56. The van der Waals surface area contributed by atoms with Gasteiger partial charge in [0.1, 0.15) is 17.1 Å². The summed E-state index contributed by atoms with van der Waals surface area (Å²) in [6, 6.07) is 16.7. The van der Waals surface area contributed by atoms with Crippen molar-refractivity contribution in [3.8, 4) is 23.2 Å². The van der Waals surface area contributed by atoms with Gasteiger partial charge in [0.2, 0.25) is 17.7 Å². The number of halogens is 1. The van der Waals surface area contributed by atoms with Gasteiger partial charge < -0.3 is 15.4 Å². The predicted octanol–water partition coefficient (Wildman–Crippen LogP) is 3.47. The van der Waals surface area contributed by atoms with Gasteiger partial charge in [0.15, 0.2) is 0 Å². The lowest BCUT2D eigenvalue weighted by molar-refractivity contribution is -0.120. The van der Waals surface area contributed by atoms with E-state index in [1.807, 2.05) is 43.3 Å². The fourth-order valence-electron chi connectivity index (χ4n) is 4.43. The Balaban J connectivity index is 1.90. The van der Waals surface area contributed by atoms with Crippen LogP contribution >= 0.6 is 11.6 Å². The molecule has 0 radical (unpaired) electrons. The van der Waals surface area contributed by atoms with Gasteiger partial charge in [0, 0.05) is 28.4 Å². The smallest absolute Gasteiger partial charge is 0.247 e. The molecule has 7 nitrogen and oxygen atoms in total. The van der Waals surface area contributed by atoms with Crippen molar-refractivity contribution in [3.05, 3.63) is 76.1 Å². The number of hydrogen-bond donors (Lipinski definition) is 2. The Kier molecular flexibility index (Phi) is 3.88. The summed E-state index contributed by atoms with van der Waals surface area (Å²) in [5, 5.41) is 17.9. The van der Waals surface area contributed by atoms with E-state index in [0.29, 0.717) is 28.4 Å². The highest BCUT2D eigenvalue weighted by atomic mass is 35.5. The van der Waals surface area contributed by atoms with Gasteiger partial charge >= 0.3 is 0 Å². The fourth-order valence-corrected chi connectivity index (χ4v) is 4.55. The van der Waals surface area contributed by atoms with Crippen molar-refractivity contribution in [3.63, 3.8) is 0 Å². The molecule has 5 rings (SSSR count). The molecule has 1 amide bonds. The molecule has 3 heterocycles. The number of carbonyl (C=O) groups is 1. The molecule has 1 atom stereocenters. The Hall–Kier alpha value is -3.76. The zero-order valence-corrected chi connectivity index (χ0v) is 16.7. The molecule has 3 N–H and O–H groups in total. The van der Waals surface area contributed by atoms with Crippen LogP contribution in [0, 0.1) is 11.3 Å². The Labute approximate surface area is 177 Å². The average Bonchev–Trinajstić information content (AvgIpc) is 3.27. The number of carbonyl (C=O) groups excluding carboxylic acids is 1. The van der Waals surface area contributed by atoms with Crippen LogP contribution in [-0.2, 0) is 10.2 Å². The number of nitrogens with zero attached hydrogens (tertiary/aromatic N) is 3. The van der Waals surface area contributed by atoms with E-state index in [1.165, 1.54) is 0 Å². The molecule has 0 aliphatic carbocycles. The average molecular weight is 418 g/mol. The maximum absolute atomic E-state index is 14.0. The number of nitrogens with one attached hydrogen (secondary N) is 1. The second-order valence-corrected chi connectivity index (χ2v) is 7.49. The van der Waals surface area contributed by atoms with Crippen LogP contribution in [0.15, 0.2) is 60.0 Å². The second-order valence-electron chi connectivity index (χ2n) is 7.06. The first-order valence-electron chi connectivity index (χ1n) is 9.38. The molecule has 0 fully saturated rings. The summed E-state index contributed by atoms with van der Waals surface area (Å²) in [5.41, 5.74) is 7.96. The number of H-pyrrole nitrogens is 1. The zero-order chi connectivity index (χ0) is 21.0. The van der Waals surface area contributed by atoms with Crippen molar-refractivity contribution in [2.45, 2.75) is 12.3 Å². The lowest BCUT2D eigenvalue weighted by Gasteiger charge is -2.32. The molecule has 148 valence electrons. The molecule has 0 saturated heterocycles. The Morgan fingerprint density at radius 1 is 1.27 bits per heavy atom. The molecular weight excluding hydrogens is 402 g/mol. The van der Waals surface area contributed by atoms with Crippen molar-refractivity contribution in [2.24, 2.45) is 5.73 Å². The molecule has 8 heteroatoms. The number of aromatic amines is 1. The lowest BCUT2D eigenvalue weighted by atomic mass is 9.68. The molecule has 3 aromatic rings. The summed E-state index contributed by atoms with van der Waals surface area (Å²) < 4.78 is 5.68. The minimum absolute atomic E-state index is 0.0556. The number of anilines is 1. The number of nitriles is 1. The predicted molar refractivity (Wildman–Crippen MR) is 112 cm³/mol. The van der Waals surface area contributed by atoms with Crippen molar-refractivity contribution in [2.75, 3.05) is 11.4 Å². The Morgan fingerprint density at radius 2 is 2.00 bits per heavy atom. The molecule has 2 aromatic carbocycles. The van der Waals surface area contributed by atoms with E-state index in [1.54, 1.807) is 17.0 Å². The normalized spacial score (nSPS) is 19.5. The van der Waals surface area contributed by atoms with E-state index >= 15 is 0 Å². The van der Waals surface area contributed by atoms with E-state index in [-0.39, 0.29) is 23.2 Å². The Bertz CT molecular complexity index is 1270. The van der Waals surface area contributed by atoms with Gasteiger partial charge in [-0.05, 0) is 25.1 Å². The molecule has 0 saturated carbocycles. The maximum Gasteiger partial charge on any atom is 0.247 e. The number of benzene rings is 2. The topological polar surface area (TPSA) is 108 Å². The lowest BCUT2D eigenvalue weighted by Crippen LogP contribution is -2.45. The SMILES string of the molecule is CCN1C(=O)[C@]2(C(C#N)=C(N)Oc3n[nH]c(-c4ccc(Cl)cc4)c32)c2ccccc21. The highest BCUT2D eigenvalue weighted by Gasteiger charge is 2.60. The summed E-state index contributed by atoms with van der Waals surface area (Å²) in [6.07, 6.45) is 0. The molecule has 0 unspecified atom stereocenters. The third-order valence-corrected chi connectivity index (χ3v) is 5.91. The fraction of sp³-hybridized carbons (Fsp3) is 0.136. The molecule has 2 aliphatic rings. The van der Waals surface area contributed by atoms with Crippen LogP contribution in [0.2, 0.25) is 5.02 Å². The first kappa shape index (κ1) is 18.3. The van der Waals surface area contributed by atoms with Gasteiger partial charge in [-0.15, -0.1) is 5.10 Å². The van der Waals surface area contributed by atoms with Crippen LogP contribution in [0.1, 0.15) is 18.1 Å². The van der Waals surface area contributed by atoms with Gasteiger partial charge in [-0.25, -0.2) is 0 Å². The van der Waals surface area contributed by atoms with Gasteiger partial charge in [-0.2, -0.15) is 5.26 Å². The van der Waals surface area contributed by atoms with E-state index in [0.717, 1.165) is 11.3 Å². The second kappa shape index (κ2) is 6.37. The number of hydrogen-bond acceptors (Lipinski definition) is 5. The number of nitrogens with two attached hydrogens (primary N) is 1. The monoisotopic (exact) mass is 417 g/mol. The number of amides is 1. The summed E-state index contributed by atoms with van der Waals surface area (Å²) in [5.74, 6) is -0.204. The van der Waals surface area contributed by atoms with Crippen molar-refractivity contribution < 1.29 is 9.53 Å². The van der Waals surface area contributed by atoms with E-state index in [4.69, 9.17) is 22.1 Å². The molecule has 30 heavy (non-hydrogen) atoms. The van der Waals surface area contributed by atoms with Gasteiger partial charge in [0.05, 0.1) is 11.3 Å². The van der Waals surface area contributed by atoms with Crippen molar-refractivity contribution in [1.29, 1.82) is 5.26 Å². The first-order chi connectivity index (χ1) is 14.5. The summed E-state index contributed by atoms with van der Waals surface area (Å²) in [7, 11) is 0. The molecule has 1 spiro atoms. The number of ether oxygens (including phenoxy) is 1.